The van der Waals surface area contributed by atoms with E-state index in [1.165, 1.54) is 6.33 Å². The van der Waals surface area contributed by atoms with E-state index in [0.717, 1.165) is 5.69 Å². The van der Waals surface area contributed by atoms with E-state index in [-0.39, 0.29) is 5.91 Å². The minimum Gasteiger partial charge on any atom is -0.487 e. The Hall–Kier alpha value is -2.90. The molecule has 0 saturated heterocycles. The molecule has 0 aliphatic heterocycles. The van der Waals surface area contributed by atoms with E-state index >= 15 is 0 Å². The molecule has 0 aliphatic rings. The predicted octanol–water partition coefficient (Wildman–Crippen LogP) is 3.59. The van der Waals surface area contributed by atoms with Crippen molar-refractivity contribution in [2.24, 2.45) is 0 Å². The van der Waals surface area contributed by atoms with Crippen LogP contribution in [0.3, 0.4) is 0 Å². The van der Waals surface area contributed by atoms with Gasteiger partial charge < -0.3 is 14.8 Å². The lowest BCUT2D eigenvalue weighted by Gasteiger charge is -2.14. The van der Waals surface area contributed by atoms with E-state index in [4.69, 9.17) is 21.1 Å². The number of ether oxygens (including phenoxy) is 2. The van der Waals surface area contributed by atoms with Crippen LogP contribution in [0.1, 0.15) is 17.3 Å². The highest BCUT2D eigenvalue weighted by Gasteiger charge is 2.13. The predicted molar refractivity (Wildman–Crippen MR) is 103 cm³/mol. The number of carbonyl (C=O) groups is 1. The molecule has 0 fully saturated rings. The quantitative estimate of drug-likeness (QED) is 0.598. The summed E-state index contributed by atoms with van der Waals surface area (Å²) in [5, 5.41) is 7.32. The first-order chi connectivity index (χ1) is 13.2. The van der Waals surface area contributed by atoms with Crippen molar-refractivity contribution in [1.29, 1.82) is 0 Å². The van der Waals surface area contributed by atoms with Crippen molar-refractivity contribution in [3.63, 3.8) is 0 Å². The minimum absolute atomic E-state index is 0.267. The summed E-state index contributed by atoms with van der Waals surface area (Å²) in [7, 11) is 0. The van der Waals surface area contributed by atoms with Crippen LogP contribution in [0, 0.1) is 0 Å². The molecule has 8 heteroatoms. The Morgan fingerprint density at radius 3 is 2.70 bits per heavy atom. The van der Waals surface area contributed by atoms with Gasteiger partial charge in [0, 0.05) is 12.2 Å². The summed E-state index contributed by atoms with van der Waals surface area (Å²) in [6.45, 7) is 3.31. The molecular weight excluding hydrogens is 368 g/mol. The molecule has 0 bridgehead atoms. The lowest BCUT2D eigenvalue weighted by molar-refractivity contribution is 0.102. The van der Waals surface area contributed by atoms with Crippen molar-refractivity contribution < 1.29 is 14.3 Å². The van der Waals surface area contributed by atoms with Crippen LogP contribution in [0.4, 0.5) is 5.69 Å². The molecule has 1 heterocycles. The zero-order valence-electron chi connectivity index (χ0n) is 14.8. The number of aromatic nitrogens is 3. The second-order valence-electron chi connectivity index (χ2n) is 5.50. The molecule has 0 saturated carbocycles. The molecule has 3 rings (SSSR count). The summed E-state index contributed by atoms with van der Waals surface area (Å²) in [4.78, 5) is 16.5. The van der Waals surface area contributed by atoms with Crippen molar-refractivity contribution in [2.75, 3.05) is 25.1 Å². The second-order valence-corrected chi connectivity index (χ2v) is 5.91. The molecule has 1 aromatic heterocycles. The standard InChI is InChI=1S/C19H19ClN4O3/c1-2-26-10-11-27-18-16(20)4-3-5-17(18)23-19(25)14-6-8-15(9-7-14)24-13-21-12-22-24/h3-9,12-13H,2,10-11H2,1H3,(H,23,25). The molecule has 27 heavy (non-hydrogen) atoms. The average Bonchev–Trinajstić information content (AvgIpc) is 3.22. The van der Waals surface area contributed by atoms with Gasteiger partial charge in [-0.3, -0.25) is 4.79 Å². The fourth-order valence-corrected chi connectivity index (χ4v) is 2.63. The largest absolute Gasteiger partial charge is 0.487 e. The van der Waals surface area contributed by atoms with E-state index in [2.05, 4.69) is 15.4 Å². The van der Waals surface area contributed by atoms with Gasteiger partial charge in [-0.1, -0.05) is 17.7 Å². The number of rotatable bonds is 8. The van der Waals surface area contributed by atoms with E-state index < -0.39 is 0 Å². The Balaban J connectivity index is 1.71. The Morgan fingerprint density at radius 1 is 1.19 bits per heavy atom. The molecule has 0 unspecified atom stereocenters. The molecule has 3 aromatic rings. The maximum atomic E-state index is 12.6. The topological polar surface area (TPSA) is 78.3 Å². The number of benzene rings is 2. The third-order valence-corrected chi connectivity index (χ3v) is 4.00. The SMILES string of the molecule is CCOCCOc1c(Cl)cccc1NC(=O)c1ccc(-n2cncn2)cc1. The Kier molecular flexibility index (Phi) is 6.40. The van der Waals surface area contributed by atoms with Crippen LogP contribution < -0.4 is 10.1 Å². The molecule has 1 amide bonds. The number of nitrogens with one attached hydrogen (secondary N) is 1. The first kappa shape index (κ1) is 18.9. The van der Waals surface area contributed by atoms with Gasteiger partial charge in [0.15, 0.2) is 5.75 Å². The van der Waals surface area contributed by atoms with Crippen molar-refractivity contribution in [3.05, 3.63) is 65.7 Å². The average molecular weight is 387 g/mol. The molecule has 0 radical (unpaired) electrons. The van der Waals surface area contributed by atoms with Crippen LogP contribution in [0.25, 0.3) is 5.69 Å². The number of hydrogen-bond acceptors (Lipinski definition) is 5. The fraction of sp³-hybridized carbons (Fsp3) is 0.211. The van der Waals surface area contributed by atoms with Gasteiger partial charge in [-0.25, -0.2) is 9.67 Å². The van der Waals surface area contributed by atoms with Crippen molar-refractivity contribution >= 4 is 23.2 Å². The minimum atomic E-state index is -0.267. The number of hydrogen-bond donors (Lipinski definition) is 1. The molecule has 2 aromatic carbocycles. The highest BCUT2D eigenvalue weighted by molar-refractivity contribution is 6.32. The van der Waals surface area contributed by atoms with E-state index in [1.807, 2.05) is 6.92 Å². The highest BCUT2D eigenvalue weighted by atomic mass is 35.5. The van der Waals surface area contributed by atoms with E-state index in [9.17, 15) is 4.79 Å². The van der Waals surface area contributed by atoms with Crippen molar-refractivity contribution in [2.45, 2.75) is 6.92 Å². The monoisotopic (exact) mass is 386 g/mol. The summed E-state index contributed by atoms with van der Waals surface area (Å²) in [6, 6.07) is 12.2. The Labute approximate surface area is 161 Å². The third-order valence-electron chi connectivity index (χ3n) is 3.71. The van der Waals surface area contributed by atoms with Gasteiger partial charge in [0.25, 0.3) is 5.91 Å². The van der Waals surface area contributed by atoms with Gasteiger partial charge in [-0.2, -0.15) is 5.10 Å². The molecular formula is C19H19ClN4O3. The maximum Gasteiger partial charge on any atom is 0.255 e. The third kappa shape index (κ3) is 4.84. The Morgan fingerprint density at radius 2 is 2.00 bits per heavy atom. The first-order valence-corrected chi connectivity index (χ1v) is 8.82. The van der Waals surface area contributed by atoms with Crippen LogP contribution in [-0.2, 0) is 4.74 Å². The zero-order chi connectivity index (χ0) is 19.1. The first-order valence-electron chi connectivity index (χ1n) is 8.44. The second kappa shape index (κ2) is 9.16. The summed E-state index contributed by atoms with van der Waals surface area (Å²) >= 11 is 6.22. The van der Waals surface area contributed by atoms with Crippen LogP contribution in [0.5, 0.6) is 5.75 Å². The van der Waals surface area contributed by atoms with E-state index in [1.54, 1.807) is 53.5 Å². The van der Waals surface area contributed by atoms with Crippen LogP contribution in [0.2, 0.25) is 5.02 Å². The van der Waals surface area contributed by atoms with Crippen LogP contribution in [-0.4, -0.2) is 40.5 Å². The molecule has 0 aliphatic carbocycles. The molecule has 0 atom stereocenters. The number of anilines is 1. The number of nitrogens with zero attached hydrogens (tertiary/aromatic N) is 3. The summed E-state index contributed by atoms with van der Waals surface area (Å²) in [5.41, 5.74) is 1.82. The molecule has 0 spiro atoms. The summed E-state index contributed by atoms with van der Waals surface area (Å²) in [6.07, 6.45) is 3.04. The zero-order valence-corrected chi connectivity index (χ0v) is 15.5. The lowest BCUT2D eigenvalue weighted by Crippen LogP contribution is -2.14. The normalized spacial score (nSPS) is 10.6. The molecule has 1 N–H and O–H groups in total. The fourth-order valence-electron chi connectivity index (χ4n) is 2.40. The van der Waals surface area contributed by atoms with Crippen molar-refractivity contribution in [3.8, 4) is 11.4 Å². The van der Waals surface area contributed by atoms with Gasteiger partial charge in [0.05, 0.1) is 23.0 Å². The van der Waals surface area contributed by atoms with Crippen LogP contribution >= 0.6 is 11.6 Å². The number of carbonyl (C=O) groups excluding carboxylic acids is 1. The molecule has 140 valence electrons. The van der Waals surface area contributed by atoms with Crippen LogP contribution in [0.15, 0.2) is 55.1 Å². The van der Waals surface area contributed by atoms with E-state index in [0.29, 0.717) is 41.8 Å². The van der Waals surface area contributed by atoms with Gasteiger partial charge >= 0.3 is 0 Å². The number of para-hydroxylation sites is 1. The number of halogens is 1. The van der Waals surface area contributed by atoms with Gasteiger partial charge in [-0.15, -0.1) is 0 Å². The molecule has 7 nitrogen and oxygen atoms in total. The highest BCUT2D eigenvalue weighted by Crippen LogP contribution is 2.33. The summed E-state index contributed by atoms with van der Waals surface area (Å²) in [5.74, 6) is 0.156. The van der Waals surface area contributed by atoms with Crippen molar-refractivity contribution in [1.82, 2.24) is 14.8 Å². The smallest absolute Gasteiger partial charge is 0.255 e. The van der Waals surface area contributed by atoms with Gasteiger partial charge in [-0.05, 0) is 43.3 Å². The summed E-state index contributed by atoms with van der Waals surface area (Å²) < 4.78 is 12.6. The Bertz CT molecular complexity index is 882. The maximum absolute atomic E-state index is 12.6. The lowest BCUT2D eigenvalue weighted by atomic mass is 10.2. The van der Waals surface area contributed by atoms with Gasteiger partial charge in [0.1, 0.15) is 19.3 Å². The number of amides is 1. The van der Waals surface area contributed by atoms with Gasteiger partial charge in [0.2, 0.25) is 0 Å².